The SMILES string of the molecule is CC1=NN=C2CCCCC2C1(C)C. The van der Waals surface area contributed by atoms with Gasteiger partial charge >= 0.3 is 0 Å². The monoisotopic (exact) mass is 178 g/mol. The third-order valence-corrected chi connectivity index (χ3v) is 3.71. The van der Waals surface area contributed by atoms with Crippen LogP contribution in [-0.4, -0.2) is 11.4 Å². The second-order valence-corrected chi connectivity index (χ2v) is 4.80. The second kappa shape index (κ2) is 2.93. The highest BCUT2D eigenvalue weighted by atomic mass is 15.2. The minimum absolute atomic E-state index is 0.248. The highest BCUT2D eigenvalue weighted by molar-refractivity contribution is 5.99. The Morgan fingerprint density at radius 1 is 1.23 bits per heavy atom. The Morgan fingerprint density at radius 3 is 2.77 bits per heavy atom. The minimum Gasteiger partial charge on any atom is -0.160 e. The van der Waals surface area contributed by atoms with Crippen LogP contribution in [0.25, 0.3) is 0 Å². The van der Waals surface area contributed by atoms with Gasteiger partial charge in [-0.25, -0.2) is 0 Å². The third-order valence-electron chi connectivity index (χ3n) is 3.71. The Kier molecular flexibility index (Phi) is 2.01. The molecule has 2 rings (SSSR count). The van der Waals surface area contributed by atoms with Crippen molar-refractivity contribution >= 4 is 11.4 Å². The van der Waals surface area contributed by atoms with Crippen molar-refractivity contribution in [1.82, 2.24) is 0 Å². The molecule has 2 nitrogen and oxygen atoms in total. The van der Waals surface area contributed by atoms with Crippen LogP contribution in [0.4, 0.5) is 0 Å². The molecule has 1 aliphatic carbocycles. The molecule has 1 heterocycles. The summed E-state index contributed by atoms with van der Waals surface area (Å²) >= 11 is 0. The zero-order valence-electron chi connectivity index (χ0n) is 8.80. The van der Waals surface area contributed by atoms with E-state index in [4.69, 9.17) is 0 Å². The van der Waals surface area contributed by atoms with Crippen molar-refractivity contribution < 1.29 is 0 Å². The van der Waals surface area contributed by atoms with Gasteiger partial charge in [0.1, 0.15) is 0 Å². The summed E-state index contributed by atoms with van der Waals surface area (Å²) in [6.45, 7) is 6.71. The Morgan fingerprint density at radius 2 is 2.00 bits per heavy atom. The van der Waals surface area contributed by atoms with E-state index in [-0.39, 0.29) is 5.41 Å². The molecule has 0 saturated heterocycles. The molecule has 1 aliphatic heterocycles. The molecule has 0 amide bonds. The summed E-state index contributed by atoms with van der Waals surface area (Å²) in [5.74, 6) is 0.666. The van der Waals surface area contributed by atoms with Crippen molar-refractivity contribution in [3.63, 3.8) is 0 Å². The lowest BCUT2D eigenvalue weighted by Crippen LogP contribution is -2.40. The number of rotatable bonds is 0. The lowest BCUT2D eigenvalue weighted by atomic mass is 9.67. The van der Waals surface area contributed by atoms with Gasteiger partial charge in [-0.1, -0.05) is 20.3 Å². The molecule has 1 unspecified atom stereocenters. The summed E-state index contributed by atoms with van der Waals surface area (Å²) in [5, 5.41) is 8.60. The van der Waals surface area contributed by atoms with E-state index in [9.17, 15) is 0 Å². The van der Waals surface area contributed by atoms with E-state index in [1.54, 1.807) is 0 Å². The number of fused-ring (bicyclic) bond motifs is 1. The smallest absolute Gasteiger partial charge is 0.0445 e. The first-order valence-electron chi connectivity index (χ1n) is 5.24. The lowest BCUT2D eigenvalue weighted by molar-refractivity contribution is 0.336. The van der Waals surface area contributed by atoms with E-state index in [0.29, 0.717) is 5.92 Å². The summed E-state index contributed by atoms with van der Waals surface area (Å²) < 4.78 is 0. The Balaban J connectivity index is 2.34. The zero-order chi connectivity index (χ0) is 9.47. The van der Waals surface area contributed by atoms with Crippen molar-refractivity contribution in [2.24, 2.45) is 21.5 Å². The zero-order valence-corrected chi connectivity index (χ0v) is 8.80. The molecular formula is C11H18N2. The fourth-order valence-corrected chi connectivity index (χ4v) is 2.41. The molecule has 0 aromatic heterocycles. The Hall–Kier alpha value is -0.660. The maximum absolute atomic E-state index is 4.33. The van der Waals surface area contributed by atoms with Crippen LogP contribution in [0.1, 0.15) is 46.5 Å². The van der Waals surface area contributed by atoms with Gasteiger partial charge in [-0.2, -0.15) is 10.2 Å². The largest absolute Gasteiger partial charge is 0.160 e. The van der Waals surface area contributed by atoms with E-state index in [1.165, 1.54) is 37.1 Å². The summed E-state index contributed by atoms with van der Waals surface area (Å²) in [5.41, 5.74) is 2.79. The topological polar surface area (TPSA) is 24.7 Å². The van der Waals surface area contributed by atoms with E-state index in [0.717, 1.165) is 0 Å². The molecule has 1 fully saturated rings. The van der Waals surface area contributed by atoms with E-state index < -0.39 is 0 Å². The van der Waals surface area contributed by atoms with Crippen LogP contribution in [-0.2, 0) is 0 Å². The Labute approximate surface area is 80.1 Å². The molecule has 2 aliphatic rings. The molecule has 0 aromatic carbocycles. The molecule has 0 aromatic rings. The van der Waals surface area contributed by atoms with Gasteiger partial charge in [0.15, 0.2) is 0 Å². The molecule has 13 heavy (non-hydrogen) atoms. The average molecular weight is 178 g/mol. The predicted molar refractivity (Wildman–Crippen MR) is 56.3 cm³/mol. The van der Waals surface area contributed by atoms with Crippen LogP contribution in [0, 0.1) is 11.3 Å². The van der Waals surface area contributed by atoms with E-state index >= 15 is 0 Å². The Bertz CT molecular complexity index is 274. The van der Waals surface area contributed by atoms with Crippen LogP contribution in [0.15, 0.2) is 10.2 Å². The molecule has 0 bridgehead atoms. The fraction of sp³-hybridized carbons (Fsp3) is 0.818. The van der Waals surface area contributed by atoms with Gasteiger partial charge in [0.2, 0.25) is 0 Å². The molecule has 1 atom stereocenters. The highest BCUT2D eigenvalue weighted by Gasteiger charge is 2.39. The van der Waals surface area contributed by atoms with Gasteiger partial charge in [-0.15, -0.1) is 0 Å². The summed E-state index contributed by atoms with van der Waals surface area (Å²) in [4.78, 5) is 0. The predicted octanol–water partition coefficient (Wildman–Crippen LogP) is 3.03. The van der Waals surface area contributed by atoms with Gasteiger partial charge < -0.3 is 0 Å². The van der Waals surface area contributed by atoms with E-state index in [2.05, 4.69) is 31.0 Å². The first-order chi connectivity index (χ1) is 6.12. The molecular weight excluding hydrogens is 160 g/mol. The van der Waals surface area contributed by atoms with Gasteiger partial charge in [0.05, 0.1) is 0 Å². The van der Waals surface area contributed by atoms with Crippen LogP contribution in [0.3, 0.4) is 0 Å². The molecule has 1 saturated carbocycles. The maximum atomic E-state index is 4.33. The lowest BCUT2D eigenvalue weighted by Gasteiger charge is -2.39. The average Bonchev–Trinajstić information content (AvgIpc) is 2.13. The molecule has 72 valence electrons. The van der Waals surface area contributed by atoms with Crippen molar-refractivity contribution in [3.8, 4) is 0 Å². The van der Waals surface area contributed by atoms with Gasteiger partial charge in [0.25, 0.3) is 0 Å². The van der Waals surface area contributed by atoms with Crippen LogP contribution in [0.5, 0.6) is 0 Å². The maximum Gasteiger partial charge on any atom is 0.0445 e. The van der Waals surface area contributed by atoms with Crippen molar-refractivity contribution in [3.05, 3.63) is 0 Å². The highest BCUT2D eigenvalue weighted by Crippen LogP contribution is 2.40. The summed E-state index contributed by atoms with van der Waals surface area (Å²) in [7, 11) is 0. The van der Waals surface area contributed by atoms with Crippen molar-refractivity contribution in [1.29, 1.82) is 0 Å². The first-order valence-corrected chi connectivity index (χ1v) is 5.24. The standard InChI is InChI=1S/C11H18N2/c1-8-11(2,3)9-6-4-5-7-10(9)13-12-8/h9H,4-7H2,1-3H3. The van der Waals surface area contributed by atoms with Crippen LogP contribution in [0.2, 0.25) is 0 Å². The minimum atomic E-state index is 0.248. The van der Waals surface area contributed by atoms with E-state index in [1.807, 2.05) is 0 Å². The third kappa shape index (κ3) is 1.32. The van der Waals surface area contributed by atoms with Crippen molar-refractivity contribution in [2.45, 2.75) is 46.5 Å². The van der Waals surface area contributed by atoms with Crippen molar-refractivity contribution in [2.75, 3.05) is 0 Å². The molecule has 0 radical (unpaired) electrons. The van der Waals surface area contributed by atoms with Gasteiger partial charge in [-0.3, -0.25) is 0 Å². The van der Waals surface area contributed by atoms with Crippen LogP contribution >= 0.6 is 0 Å². The summed E-state index contributed by atoms with van der Waals surface area (Å²) in [6, 6.07) is 0. The first kappa shape index (κ1) is 8.92. The summed E-state index contributed by atoms with van der Waals surface area (Å²) in [6.07, 6.45) is 5.14. The number of hydrogen-bond acceptors (Lipinski definition) is 2. The molecule has 0 N–H and O–H groups in total. The van der Waals surface area contributed by atoms with Crippen LogP contribution < -0.4 is 0 Å². The fourth-order valence-electron chi connectivity index (χ4n) is 2.41. The second-order valence-electron chi connectivity index (χ2n) is 4.80. The number of nitrogens with zero attached hydrogens (tertiary/aromatic N) is 2. The normalized spacial score (nSPS) is 31.8. The van der Waals surface area contributed by atoms with Gasteiger partial charge in [-0.05, 0) is 26.2 Å². The molecule has 2 heteroatoms. The number of hydrogen-bond donors (Lipinski definition) is 0. The molecule has 0 spiro atoms. The quantitative estimate of drug-likeness (QED) is 0.544. The van der Waals surface area contributed by atoms with Gasteiger partial charge in [0, 0.05) is 22.8 Å².